The zero-order valence-electron chi connectivity index (χ0n) is 26.3. The number of anilines is 1. The third kappa shape index (κ3) is 9.32. The third-order valence-electron chi connectivity index (χ3n) is 9.11. The first-order valence-electron chi connectivity index (χ1n) is 15.7. The minimum atomic E-state index is -0.401. The van der Waals surface area contributed by atoms with Crippen molar-refractivity contribution in [1.29, 1.82) is 0 Å². The Morgan fingerprint density at radius 3 is 2.58 bits per heavy atom. The van der Waals surface area contributed by atoms with Gasteiger partial charge in [0.05, 0.1) is 25.5 Å². The second kappa shape index (κ2) is 16.3. The molecule has 2 saturated heterocycles. The molecule has 1 amide bonds. The summed E-state index contributed by atoms with van der Waals surface area (Å²) in [4.78, 5) is 13.1. The number of nitrogens with one attached hydrogen (secondary N) is 3. The molecule has 1 unspecified atom stereocenters. The van der Waals surface area contributed by atoms with Gasteiger partial charge in [0.15, 0.2) is 0 Å². The van der Waals surface area contributed by atoms with E-state index in [1.807, 2.05) is 24.3 Å². The van der Waals surface area contributed by atoms with E-state index in [0.29, 0.717) is 44.5 Å². The van der Waals surface area contributed by atoms with E-state index in [1.54, 1.807) is 20.3 Å². The van der Waals surface area contributed by atoms with Gasteiger partial charge in [0.25, 0.3) is 0 Å². The monoisotopic (exact) mass is 597 g/mol. The van der Waals surface area contributed by atoms with Gasteiger partial charge in [-0.2, -0.15) is 0 Å². The molecule has 3 atom stereocenters. The van der Waals surface area contributed by atoms with Crippen LogP contribution in [-0.2, 0) is 25.6 Å². The maximum absolute atomic E-state index is 13.1. The standard InChI is InChI=1S/C34H51N3O6/c1-34(2,26-13-18-42-19-14-26)33(39)36-16-12-27-21-29(25-7-9-28(41-4)10-8-25)32(22-37-27)43-23-24-6-11-31(38)30(20-24)35-15-5-17-40-3/h6-11,20,26-27,29,32,35,37-38H,5,12-19,21-23H2,1-4H3,(H,36,39)/t27-,29?,32+/m1/s1. The highest BCUT2D eigenvalue weighted by atomic mass is 16.5. The summed E-state index contributed by atoms with van der Waals surface area (Å²) in [5.41, 5.74) is 2.51. The van der Waals surface area contributed by atoms with Crippen molar-refractivity contribution in [2.45, 2.75) is 70.6 Å². The molecule has 0 aliphatic carbocycles. The number of rotatable bonds is 15. The molecule has 43 heavy (non-hydrogen) atoms. The van der Waals surface area contributed by atoms with E-state index in [0.717, 1.165) is 56.6 Å². The van der Waals surface area contributed by atoms with Crippen LogP contribution in [0.1, 0.15) is 63.0 Å². The summed E-state index contributed by atoms with van der Waals surface area (Å²) in [6, 6.07) is 14.1. The highest BCUT2D eigenvalue weighted by molar-refractivity contribution is 5.82. The second-order valence-corrected chi connectivity index (χ2v) is 12.3. The minimum absolute atomic E-state index is 0.0291. The van der Waals surface area contributed by atoms with Crippen molar-refractivity contribution in [1.82, 2.24) is 10.6 Å². The van der Waals surface area contributed by atoms with Crippen LogP contribution in [-0.4, -0.2) is 76.8 Å². The number of benzene rings is 2. The minimum Gasteiger partial charge on any atom is -0.506 e. The lowest BCUT2D eigenvalue weighted by Gasteiger charge is -2.38. The van der Waals surface area contributed by atoms with E-state index in [2.05, 4.69) is 41.9 Å². The smallest absolute Gasteiger partial charge is 0.225 e. The normalized spacial score (nSPS) is 21.3. The molecule has 0 spiro atoms. The van der Waals surface area contributed by atoms with Crippen molar-refractivity contribution in [2.24, 2.45) is 11.3 Å². The first-order valence-corrected chi connectivity index (χ1v) is 15.7. The van der Waals surface area contributed by atoms with Gasteiger partial charge in [-0.1, -0.05) is 32.0 Å². The Balaban J connectivity index is 1.35. The summed E-state index contributed by atoms with van der Waals surface area (Å²) < 4.78 is 22.5. The van der Waals surface area contributed by atoms with Crippen molar-refractivity contribution in [3.05, 3.63) is 53.6 Å². The zero-order chi connectivity index (χ0) is 30.7. The number of carbonyl (C=O) groups is 1. The molecule has 9 heteroatoms. The Bertz CT molecular complexity index is 1140. The largest absolute Gasteiger partial charge is 0.506 e. The van der Waals surface area contributed by atoms with Gasteiger partial charge in [-0.3, -0.25) is 4.79 Å². The molecule has 9 nitrogen and oxygen atoms in total. The van der Waals surface area contributed by atoms with Crippen LogP contribution in [0.5, 0.6) is 11.5 Å². The van der Waals surface area contributed by atoms with Gasteiger partial charge >= 0.3 is 0 Å². The summed E-state index contributed by atoms with van der Waals surface area (Å²) >= 11 is 0. The Kier molecular flexibility index (Phi) is 12.5. The van der Waals surface area contributed by atoms with Gasteiger partial charge in [0.1, 0.15) is 11.5 Å². The number of methoxy groups -OCH3 is 2. The predicted molar refractivity (Wildman–Crippen MR) is 169 cm³/mol. The third-order valence-corrected chi connectivity index (χ3v) is 9.11. The average molecular weight is 598 g/mol. The lowest BCUT2D eigenvalue weighted by molar-refractivity contribution is -0.134. The first-order chi connectivity index (χ1) is 20.8. The number of hydrogen-bond donors (Lipinski definition) is 4. The molecule has 238 valence electrons. The van der Waals surface area contributed by atoms with Gasteiger partial charge in [-0.25, -0.2) is 0 Å². The fourth-order valence-corrected chi connectivity index (χ4v) is 6.21. The molecule has 2 aliphatic heterocycles. The second-order valence-electron chi connectivity index (χ2n) is 12.3. The van der Waals surface area contributed by atoms with Gasteiger partial charge in [-0.15, -0.1) is 0 Å². The molecular weight excluding hydrogens is 546 g/mol. The van der Waals surface area contributed by atoms with Crippen LogP contribution in [0.4, 0.5) is 5.69 Å². The maximum Gasteiger partial charge on any atom is 0.225 e. The summed E-state index contributed by atoms with van der Waals surface area (Å²) in [5, 5.41) is 20.5. The Hall–Kier alpha value is -2.85. The number of phenols is 1. The van der Waals surface area contributed by atoms with E-state index >= 15 is 0 Å². The van der Waals surface area contributed by atoms with Crippen LogP contribution in [0.2, 0.25) is 0 Å². The molecular formula is C34H51N3O6. The molecule has 0 bridgehead atoms. The van der Waals surface area contributed by atoms with Gasteiger partial charge in [-0.05, 0) is 73.4 Å². The summed E-state index contributed by atoms with van der Waals surface area (Å²) in [7, 11) is 3.36. The molecule has 0 aromatic heterocycles. The van der Waals surface area contributed by atoms with Crippen LogP contribution >= 0.6 is 0 Å². The van der Waals surface area contributed by atoms with Gasteiger partial charge < -0.3 is 40.0 Å². The van der Waals surface area contributed by atoms with E-state index in [1.165, 1.54) is 5.56 Å². The number of piperidine rings is 1. The Morgan fingerprint density at radius 2 is 1.86 bits per heavy atom. The van der Waals surface area contributed by atoms with Gasteiger partial charge in [0.2, 0.25) is 5.91 Å². The number of aromatic hydroxyl groups is 1. The SMILES string of the molecule is COCCCNc1cc(CO[C@H]2CN[C@H](CCNC(=O)C(C)(C)C3CCOCC3)CC2c2ccc(OC)cc2)ccc1O. The molecule has 0 radical (unpaired) electrons. The fraction of sp³-hybridized carbons (Fsp3) is 0.618. The molecule has 2 aliphatic rings. The molecule has 2 heterocycles. The quantitative estimate of drug-likeness (QED) is 0.171. The number of ether oxygens (including phenoxy) is 4. The lowest BCUT2D eigenvalue weighted by Crippen LogP contribution is -2.49. The Morgan fingerprint density at radius 1 is 1.09 bits per heavy atom. The molecule has 0 saturated carbocycles. The summed E-state index contributed by atoms with van der Waals surface area (Å²) in [6.45, 7) is 8.77. The molecule has 2 aromatic rings. The van der Waals surface area contributed by atoms with Crippen molar-refractivity contribution >= 4 is 11.6 Å². The van der Waals surface area contributed by atoms with Crippen molar-refractivity contribution in [2.75, 3.05) is 59.0 Å². The zero-order valence-corrected chi connectivity index (χ0v) is 26.3. The van der Waals surface area contributed by atoms with Crippen LogP contribution < -0.4 is 20.7 Å². The Labute approximate surface area is 257 Å². The highest BCUT2D eigenvalue weighted by Gasteiger charge is 2.38. The van der Waals surface area contributed by atoms with Crippen molar-refractivity contribution < 1.29 is 28.8 Å². The highest BCUT2D eigenvalue weighted by Crippen LogP contribution is 2.35. The molecule has 4 rings (SSSR count). The first kappa shape index (κ1) is 33.1. The van der Waals surface area contributed by atoms with Crippen LogP contribution in [0.3, 0.4) is 0 Å². The van der Waals surface area contributed by atoms with E-state index < -0.39 is 5.41 Å². The van der Waals surface area contributed by atoms with E-state index in [4.69, 9.17) is 18.9 Å². The topological polar surface area (TPSA) is 110 Å². The lowest BCUT2D eigenvalue weighted by atomic mass is 9.74. The molecule has 2 fully saturated rings. The summed E-state index contributed by atoms with van der Waals surface area (Å²) in [6.07, 6.45) is 4.45. The van der Waals surface area contributed by atoms with Crippen LogP contribution in [0.25, 0.3) is 0 Å². The predicted octanol–water partition coefficient (Wildman–Crippen LogP) is 4.84. The average Bonchev–Trinajstić information content (AvgIpc) is 3.04. The fourth-order valence-electron chi connectivity index (χ4n) is 6.21. The number of carbonyl (C=O) groups excluding carboxylic acids is 1. The van der Waals surface area contributed by atoms with Crippen LogP contribution in [0.15, 0.2) is 42.5 Å². The van der Waals surface area contributed by atoms with Crippen molar-refractivity contribution in [3.8, 4) is 11.5 Å². The van der Waals surface area contributed by atoms with Gasteiger partial charge in [0, 0.05) is 63.9 Å². The number of phenolic OH excluding ortho intramolecular Hbond substituents is 1. The summed E-state index contributed by atoms with van der Waals surface area (Å²) in [5.74, 6) is 1.72. The van der Waals surface area contributed by atoms with Crippen LogP contribution in [0, 0.1) is 11.3 Å². The van der Waals surface area contributed by atoms with E-state index in [-0.39, 0.29) is 29.7 Å². The molecule has 2 aromatic carbocycles. The van der Waals surface area contributed by atoms with Crippen molar-refractivity contribution in [3.63, 3.8) is 0 Å². The maximum atomic E-state index is 13.1. The number of hydrogen-bond acceptors (Lipinski definition) is 8. The molecule has 4 N–H and O–H groups in total. The number of amides is 1. The van der Waals surface area contributed by atoms with E-state index in [9.17, 15) is 9.90 Å².